The van der Waals surface area contributed by atoms with E-state index in [2.05, 4.69) is 4.99 Å². The molecule has 4 rings (SSSR count). The van der Waals surface area contributed by atoms with Crippen LogP contribution < -0.4 is 5.14 Å². The van der Waals surface area contributed by atoms with E-state index in [0.29, 0.717) is 16.6 Å². The first kappa shape index (κ1) is 23.9. The minimum atomic E-state index is -3.70. The second-order valence-corrected chi connectivity index (χ2v) is 9.87. The normalized spacial score (nSPS) is 18.3. The first-order valence-corrected chi connectivity index (χ1v) is 12.6. The number of sulfonamides is 1. The number of amidine groups is 1. The molecule has 0 bridgehead atoms. The zero-order valence-corrected chi connectivity index (χ0v) is 18.9. The van der Waals surface area contributed by atoms with Gasteiger partial charge >= 0.3 is 0 Å². The van der Waals surface area contributed by atoms with E-state index in [4.69, 9.17) is 5.14 Å². The van der Waals surface area contributed by atoms with E-state index >= 15 is 0 Å². The van der Waals surface area contributed by atoms with Crippen molar-refractivity contribution in [1.29, 1.82) is 0 Å². The fourth-order valence-corrected chi connectivity index (χ4v) is 4.99. The van der Waals surface area contributed by atoms with Crippen LogP contribution in [0.5, 0.6) is 0 Å². The van der Waals surface area contributed by atoms with Crippen LogP contribution >= 0.6 is 11.8 Å². The first-order valence-electron chi connectivity index (χ1n) is 10.1. The number of nitro groups is 1. The number of benzene rings is 2. The monoisotopic (exact) mass is 476 g/mol. The third-order valence-corrected chi connectivity index (χ3v) is 6.96. The summed E-state index contributed by atoms with van der Waals surface area (Å²) in [6, 6.07) is 14.3. The number of hydrogen-bond acceptors (Lipinski definition) is 7. The third kappa shape index (κ3) is 6.38. The van der Waals surface area contributed by atoms with Crippen LogP contribution in [0.3, 0.4) is 0 Å². The Hall–Kier alpha value is -2.76. The van der Waals surface area contributed by atoms with Crippen molar-refractivity contribution < 1.29 is 18.1 Å². The zero-order valence-electron chi connectivity index (χ0n) is 17.3. The number of primary sulfonamides is 1. The van der Waals surface area contributed by atoms with Gasteiger partial charge in [0.25, 0.3) is 5.69 Å². The van der Waals surface area contributed by atoms with Gasteiger partial charge in [-0.25, -0.2) is 18.5 Å². The smallest absolute Gasteiger partial charge is 0.269 e. The quantitative estimate of drug-likeness (QED) is 0.526. The SMILES string of the molecule is NS(=O)(=O)c1ccc(N=C2SCC(=O)N2C2CCCCC2)cc1.O=[N+]([O-])c1ccccc1. The Morgan fingerprint density at radius 2 is 1.66 bits per heavy atom. The average molecular weight is 477 g/mol. The molecule has 0 atom stereocenters. The maximum Gasteiger partial charge on any atom is 0.269 e. The van der Waals surface area contributed by atoms with Crippen molar-refractivity contribution >= 4 is 44.2 Å². The Balaban J connectivity index is 0.000000269. The second kappa shape index (κ2) is 10.7. The summed E-state index contributed by atoms with van der Waals surface area (Å²) in [7, 11) is -3.70. The molecule has 2 N–H and O–H groups in total. The van der Waals surface area contributed by atoms with Crippen LogP contribution in [0.1, 0.15) is 32.1 Å². The van der Waals surface area contributed by atoms with Gasteiger partial charge in [-0.2, -0.15) is 0 Å². The molecule has 0 aromatic heterocycles. The van der Waals surface area contributed by atoms with Crippen molar-refractivity contribution in [3.8, 4) is 0 Å². The van der Waals surface area contributed by atoms with Gasteiger partial charge in [-0.15, -0.1) is 0 Å². The van der Waals surface area contributed by atoms with E-state index in [1.807, 2.05) is 4.90 Å². The largest absolute Gasteiger partial charge is 0.287 e. The fraction of sp³-hybridized carbons (Fsp3) is 0.333. The number of nitrogens with zero attached hydrogens (tertiary/aromatic N) is 3. The maximum atomic E-state index is 12.2. The number of amides is 1. The van der Waals surface area contributed by atoms with Gasteiger partial charge in [0.15, 0.2) is 5.17 Å². The molecule has 9 nitrogen and oxygen atoms in total. The number of aliphatic imine (C=N–C) groups is 1. The standard InChI is InChI=1S/C15H19N3O3S2.C6H5NO2/c16-23(20,21)13-8-6-11(7-9-13)17-15-18(14(19)10-22-15)12-4-2-1-3-5-12;8-7(9)6-4-2-1-3-5-6/h6-9,12H,1-5,10H2,(H2,16,20,21);1-5H. The summed E-state index contributed by atoms with van der Waals surface area (Å²) in [6.07, 6.45) is 5.57. The Labute approximate surface area is 190 Å². The third-order valence-electron chi connectivity index (χ3n) is 5.10. The molecule has 2 aromatic rings. The van der Waals surface area contributed by atoms with E-state index in [-0.39, 0.29) is 22.5 Å². The number of non-ortho nitro benzene ring substituents is 1. The molecule has 2 aliphatic rings. The summed E-state index contributed by atoms with van der Waals surface area (Å²) >= 11 is 1.44. The number of carbonyl (C=O) groups excluding carboxylic acids is 1. The summed E-state index contributed by atoms with van der Waals surface area (Å²) < 4.78 is 22.6. The van der Waals surface area contributed by atoms with Crippen LogP contribution in [0.15, 0.2) is 64.5 Å². The molecule has 32 heavy (non-hydrogen) atoms. The van der Waals surface area contributed by atoms with Gasteiger partial charge in [-0.1, -0.05) is 49.2 Å². The molecule has 0 spiro atoms. The minimum Gasteiger partial charge on any atom is -0.287 e. The van der Waals surface area contributed by atoms with Crippen LogP contribution in [-0.2, 0) is 14.8 Å². The van der Waals surface area contributed by atoms with Gasteiger partial charge in [-0.3, -0.25) is 19.8 Å². The molecule has 1 saturated carbocycles. The van der Waals surface area contributed by atoms with Crippen LogP contribution in [0.2, 0.25) is 0 Å². The lowest BCUT2D eigenvalue weighted by atomic mass is 9.94. The first-order chi connectivity index (χ1) is 15.3. The number of para-hydroxylation sites is 1. The lowest BCUT2D eigenvalue weighted by molar-refractivity contribution is -0.384. The summed E-state index contributed by atoms with van der Waals surface area (Å²) in [6.45, 7) is 0. The highest BCUT2D eigenvalue weighted by atomic mass is 32.2. The topological polar surface area (TPSA) is 136 Å². The van der Waals surface area contributed by atoms with Gasteiger partial charge in [0.1, 0.15) is 0 Å². The Morgan fingerprint density at radius 3 is 2.19 bits per heavy atom. The number of hydrogen-bond donors (Lipinski definition) is 1. The number of carbonyl (C=O) groups is 1. The molecule has 1 heterocycles. The van der Waals surface area contributed by atoms with Gasteiger partial charge in [0, 0.05) is 18.2 Å². The lowest BCUT2D eigenvalue weighted by Crippen LogP contribution is -2.40. The van der Waals surface area contributed by atoms with Gasteiger partial charge in [0.2, 0.25) is 15.9 Å². The summed E-state index contributed by atoms with van der Waals surface area (Å²) in [5.74, 6) is 0.534. The molecule has 0 radical (unpaired) electrons. The number of rotatable bonds is 4. The molecule has 1 aliphatic heterocycles. The molecule has 1 aliphatic carbocycles. The zero-order chi connectivity index (χ0) is 23.1. The number of nitro benzene ring substituents is 1. The Morgan fingerprint density at radius 1 is 1.03 bits per heavy atom. The van der Waals surface area contributed by atoms with Crippen LogP contribution in [0, 0.1) is 10.1 Å². The van der Waals surface area contributed by atoms with Crippen molar-refractivity contribution in [2.24, 2.45) is 10.1 Å². The van der Waals surface area contributed by atoms with Gasteiger partial charge < -0.3 is 0 Å². The highest BCUT2D eigenvalue weighted by Gasteiger charge is 2.34. The lowest BCUT2D eigenvalue weighted by Gasteiger charge is -2.30. The Kier molecular flexibility index (Phi) is 7.99. The average Bonchev–Trinajstić information content (AvgIpc) is 3.15. The molecule has 2 fully saturated rings. The van der Waals surface area contributed by atoms with Crippen molar-refractivity contribution in [1.82, 2.24) is 4.90 Å². The van der Waals surface area contributed by atoms with Gasteiger partial charge in [-0.05, 0) is 37.1 Å². The second-order valence-electron chi connectivity index (χ2n) is 7.37. The summed E-state index contributed by atoms with van der Waals surface area (Å²) in [4.78, 5) is 28.2. The van der Waals surface area contributed by atoms with Crippen molar-refractivity contribution in [3.05, 3.63) is 64.7 Å². The molecule has 11 heteroatoms. The predicted octanol–water partition coefficient (Wildman–Crippen LogP) is 3.82. The molecule has 1 amide bonds. The maximum absolute atomic E-state index is 12.2. The van der Waals surface area contributed by atoms with Crippen LogP contribution in [-0.4, -0.2) is 41.1 Å². The predicted molar refractivity (Wildman–Crippen MR) is 124 cm³/mol. The summed E-state index contributed by atoms with van der Waals surface area (Å²) in [5.41, 5.74) is 0.757. The molecule has 0 unspecified atom stereocenters. The van der Waals surface area contributed by atoms with Crippen molar-refractivity contribution in [2.45, 2.75) is 43.0 Å². The Bertz CT molecular complexity index is 1080. The van der Waals surface area contributed by atoms with E-state index in [0.717, 1.165) is 25.7 Å². The van der Waals surface area contributed by atoms with E-state index in [9.17, 15) is 23.3 Å². The molecule has 2 aromatic carbocycles. The highest BCUT2D eigenvalue weighted by Crippen LogP contribution is 2.31. The highest BCUT2D eigenvalue weighted by molar-refractivity contribution is 8.15. The van der Waals surface area contributed by atoms with Crippen LogP contribution in [0.25, 0.3) is 0 Å². The molecular formula is C21H24N4O5S2. The van der Waals surface area contributed by atoms with Crippen molar-refractivity contribution in [3.63, 3.8) is 0 Å². The van der Waals surface area contributed by atoms with Gasteiger partial charge in [0.05, 0.1) is 21.3 Å². The van der Waals surface area contributed by atoms with E-state index < -0.39 is 14.9 Å². The number of thioether (sulfide) groups is 1. The summed E-state index contributed by atoms with van der Waals surface area (Å²) in [5, 5.41) is 15.8. The molecule has 170 valence electrons. The number of nitrogens with two attached hydrogens (primary N) is 1. The van der Waals surface area contributed by atoms with E-state index in [1.165, 1.54) is 42.4 Å². The molecular weight excluding hydrogens is 452 g/mol. The van der Waals surface area contributed by atoms with Crippen molar-refractivity contribution in [2.75, 3.05) is 5.75 Å². The molecule has 1 saturated heterocycles. The fourth-order valence-electron chi connectivity index (χ4n) is 3.53. The minimum absolute atomic E-state index is 0.0562. The van der Waals surface area contributed by atoms with Crippen LogP contribution in [0.4, 0.5) is 11.4 Å². The van der Waals surface area contributed by atoms with E-state index in [1.54, 1.807) is 30.3 Å².